The molecule has 0 unspecified atom stereocenters. The fourth-order valence-electron chi connectivity index (χ4n) is 2.88. The van der Waals surface area contributed by atoms with Gasteiger partial charge in [-0.15, -0.1) is 0 Å². The summed E-state index contributed by atoms with van der Waals surface area (Å²) < 4.78 is 0. The zero-order valence-electron chi connectivity index (χ0n) is 13.1. The van der Waals surface area contributed by atoms with Crippen LogP contribution in [0.5, 0.6) is 0 Å². The molecule has 4 nitrogen and oxygen atoms in total. The number of amides is 1. The summed E-state index contributed by atoms with van der Waals surface area (Å²) in [5, 5.41) is 2.90. The van der Waals surface area contributed by atoms with Gasteiger partial charge in [-0.1, -0.05) is 19.1 Å². The number of carbonyl (C=O) groups is 2. The Labute approximate surface area is 126 Å². The average Bonchev–Trinajstić information content (AvgIpc) is 2.46. The highest BCUT2D eigenvalue weighted by atomic mass is 16.2. The zero-order chi connectivity index (χ0) is 15.4. The second-order valence-electron chi connectivity index (χ2n) is 6.01. The molecule has 0 saturated carbocycles. The van der Waals surface area contributed by atoms with Gasteiger partial charge in [0.2, 0.25) is 5.91 Å². The Morgan fingerprint density at radius 2 is 2.05 bits per heavy atom. The summed E-state index contributed by atoms with van der Waals surface area (Å²) in [6, 6.07) is 6.98. The van der Waals surface area contributed by atoms with Crippen LogP contribution in [-0.2, 0) is 4.79 Å². The van der Waals surface area contributed by atoms with Crippen LogP contribution in [0.1, 0.15) is 44.0 Å². The number of piperidine rings is 1. The molecule has 0 spiro atoms. The van der Waals surface area contributed by atoms with E-state index in [4.69, 9.17) is 0 Å². The summed E-state index contributed by atoms with van der Waals surface area (Å²) in [7, 11) is 0. The Morgan fingerprint density at radius 1 is 1.33 bits per heavy atom. The number of likely N-dealkylation sites (tertiary alicyclic amines) is 1. The summed E-state index contributed by atoms with van der Waals surface area (Å²) in [6.45, 7) is 7.60. The molecule has 4 heteroatoms. The van der Waals surface area contributed by atoms with E-state index in [2.05, 4.69) is 17.1 Å². The molecule has 1 aliphatic heterocycles. The van der Waals surface area contributed by atoms with E-state index in [0.29, 0.717) is 17.2 Å². The predicted octanol–water partition coefficient (Wildman–Crippen LogP) is 2.95. The number of hydrogen-bond donors (Lipinski definition) is 1. The van der Waals surface area contributed by atoms with E-state index in [1.165, 1.54) is 13.3 Å². The molecule has 0 aromatic heterocycles. The maximum Gasteiger partial charge on any atom is 0.241 e. The maximum atomic E-state index is 12.4. The largest absolute Gasteiger partial charge is 0.324 e. The molecule has 0 bridgehead atoms. The first-order valence-electron chi connectivity index (χ1n) is 7.64. The van der Waals surface area contributed by atoms with Crippen molar-refractivity contribution in [3.63, 3.8) is 0 Å². The van der Waals surface area contributed by atoms with Crippen molar-refractivity contribution in [1.82, 2.24) is 4.90 Å². The molecule has 1 aliphatic rings. The highest BCUT2D eigenvalue weighted by Crippen LogP contribution is 2.20. The van der Waals surface area contributed by atoms with Gasteiger partial charge in [-0.05, 0) is 51.3 Å². The van der Waals surface area contributed by atoms with E-state index < -0.39 is 0 Å². The lowest BCUT2D eigenvalue weighted by Crippen LogP contribution is -2.46. The predicted molar refractivity (Wildman–Crippen MR) is 84.5 cm³/mol. The second kappa shape index (κ2) is 6.85. The molecular weight excluding hydrogens is 264 g/mol. The Morgan fingerprint density at radius 3 is 2.71 bits per heavy atom. The number of Topliss-reactive ketones (excluding diaryl/α,β-unsaturated/α-hetero) is 1. The van der Waals surface area contributed by atoms with Crippen LogP contribution in [0.2, 0.25) is 0 Å². The minimum Gasteiger partial charge on any atom is -0.324 e. The van der Waals surface area contributed by atoms with E-state index in [-0.39, 0.29) is 17.7 Å². The van der Waals surface area contributed by atoms with E-state index in [9.17, 15) is 9.59 Å². The van der Waals surface area contributed by atoms with Gasteiger partial charge in [-0.2, -0.15) is 0 Å². The fraction of sp³-hybridized carbons (Fsp3) is 0.529. The third-order valence-corrected chi connectivity index (χ3v) is 4.18. The Kier molecular flexibility index (Phi) is 5.12. The van der Waals surface area contributed by atoms with Crippen LogP contribution in [0.25, 0.3) is 0 Å². The molecule has 1 aromatic rings. The van der Waals surface area contributed by atoms with E-state index in [0.717, 1.165) is 19.5 Å². The molecule has 114 valence electrons. The minimum atomic E-state index is -0.173. The Hall–Kier alpha value is -1.68. The first kappa shape index (κ1) is 15.7. The van der Waals surface area contributed by atoms with Crippen LogP contribution in [0.3, 0.4) is 0 Å². The number of nitrogens with one attached hydrogen (secondary N) is 1. The number of hydrogen-bond acceptors (Lipinski definition) is 3. The van der Waals surface area contributed by atoms with Crippen LogP contribution in [0, 0.1) is 5.92 Å². The van der Waals surface area contributed by atoms with Crippen molar-refractivity contribution in [3.8, 4) is 0 Å². The van der Waals surface area contributed by atoms with Gasteiger partial charge in [0, 0.05) is 12.1 Å². The van der Waals surface area contributed by atoms with Crippen LogP contribution >= 0.6 is 0 Å². The number of carbonyl (C=O) groups excluding carboxylic acids is 2. The van der Waals surface area contributed by atoms with Gasteiger partial charge in [-0.3, -0.25) is 14.5 Å². The van der Waals surface area contributed by atoms with Crippen molar-refractivity contribution in [2.45, 2.75) is 39.7 Å². The Bertz CT molecular complexity index is 527. The summed E-state index contributed by atoms with van der Waals surface area (Å²) in [4.78, 5) is 26.3. The van der Waals surface area contributed by atoms with Gasteiger partial charge >= 0.3 is 0 Å². The number of anilines is 1. The monoisotopic (exact) mass is 288 g/mol. The van der Waals surface area contributed by atoms with Gasteiger partial charge in [0.1, 0.15) is 0 Å². The number of ketones is 1. The van der Waals surface area contributed by atoms with Crippen LogP contribution in [0.15, 0.2) is 24.3 Å². The van der Waals surface area contributed by atoms with Crippen LogP contribution in [-0.4, -0.2) is 35.7 Å². The molecule has 1 N–H and O–H groups in total. The number of rotatable bonds is 4. The molecule has 1 aromatic carbocycles. The molecular formula is C17H24N2O2. The number of benzene rings is 1. The first-order chi connectivity index (χ1) is 9.99. The highest BCUT2D eigenvalue weighted by molar-refractivity contribution is 6.04. The molecule has 1 heterocycles. The lowest BCUT2D eigenvalue weighted by molar-refractivity contribution is -0.121. The van der Waals surface area contributed by atoms with Crippen molar-refractivity contribution in [2.24, 2.45) is 5.92 Å². The lowest BCUT2D eigenvalue weighted by Gasteiger charge is -2.34. The average molecular weight is 288 g/mol. The van der Waals surface area contributed by atoms with Gasteiger partial charge < -0.3 is 5.32 Å². The third-order valence-electron chi connectivity index (χ3n) is 4.18. The van der Waals surface area contributed by atoms with Gasteiger partial charge in [-0.25, -0.2) is 0 Å². The molecule has 1 amide bonds. The molecule has 2 atom stereocenters. The number of nitrogens with zero attached hydrogens (tertiary/aromatic N) is 1. The SMILES string of the molecule is CC(=O)c1ccccc1NC(=O)[C@H](C)N1CCC[C@@H](C)C1. The second-order valence-corrected chi connectivity index (χ2v) is 6.01. The van der Waals surface area contributed by atoms with E-state index in [1.807, 2.05) is 19.1 Å². The standard InChI is InChI=1S/C17H24N2O2/c1-12-7-6-10-19(11-12)13(2)17(21)18-16-9-5-4-8-15(16)14(3)20/h4-5,8-9,12-13H,6-7,10-11H2,1-3H3,(H,18,21)/t12-,13+/m1/s1. The maximum absolute atomic E-state index is 12.4. The lowest BCUT2D eigenvalue weighted by atomic mass is 9.99. The molecule has 0 radical (unpaired) electrons. The summed E-state index contributed by atoms with van der Waals surface area (Å²) in [5.74, 6) is 0.557. The molecule has 1 fully saturated rings. The van der Waals surface area contributed by atoms with Crippen LogP contribution in [0.4, 0.5) is 5.69 Å². The van der Waals surface area contributed by atoms with Crippen molar-refractivity contribution >= 4 is 17.4 Å². The van der Waals surface area contributed by atoms with Crippen LogP contribution < -0.4 is 5.32 Å². The van der Waals surface area contributed by atoms with Crippen molar-refractivity contribution in [3.05, 3.63) is 29.8 Å². The molecule has 2 rings (SSSR count). The smallest absolute Gasteiger partial charge is 0.241 e. The van der Waals surface area contributed by atoms with Crippen molar-refractivity contribution < 1.29 is 9.59 Å². The molecule has 0 aliphatic carbocycles. The van der Waals surface area contributed by atoms with Crippen molar-refractivity contribution in [2.75, 3.05) is 18.4 Å². The van der Waals surface area contributed by atoms with E-state index >= 15 is 0 Å². The topological polar surface area (TPSA) is 49.4 Å². The third kappa shape index (κ3) is 3.91. The molecule has 1 saturated heterocycles. The summed E-state index contributed by atoms with van der Waals surface area (Å²) in [5.41, 5.74) is 1.16. The molecule has 21 heavy (non-hydrogen) atoms. The summed E-state index contributed by atoms with van der Waals surface area (Å²) in [6.07, 6.45) is 2.38. The van der Waals surface area contributed by atoms with Crippen molar-refractivity contribution in [1.29, 1.82) is 0 Å². The Balaban J connectivity index is 2.05. The van der Waals surface area contributed by atoms with E-state index in [1.54, 1.807) is 12.1 Å². The summed E-state index contributed by atoms with van der Waals surface area (Å²) >= 11 is 0. The van der Waals surface area contributed by atoms with Gasteiger partial charge in [0.05, 0.1) is 11.7 Å². The number of para-hydroxylation sites is 1. The first-order valence-corrected chi connectivity index (χ1v) is 7.64. The zero-order valence-corrected chi connectivity index (χ0v) is 13.1. The quantitative estimate of drug-likeness (QED) is 0.867. The minimum absolute atomic E-state index is 0.0369. The fourth-order valence-corrected chi connectivity index (χ4v) is 2.88. The normalized spacial score (nSPS) is 20.8. The van der Waals surface area contributed by atoms with Gasteiger partial charge in [0.25, 0.3) is 0 Å². The van der Waals surface area contributed by atoms with Gasteiger partial charge in [0.15, 0.2) is 5.78 Å². The highest BCUT2D eigenvalue weighted by Gasteiger charge is 2.26.